The summed E-state index contributed by atoms with van der Waals surface area (Å²) in [5.41, 5.74) is 0.749. The molecule has 0 saturated heterocycles. The molecule has 2 rings (SSSR count). The molecule has 2 atom stereocenters. The first-order valence-corrected chi connectivity index (χ1v) is 15.0. The Hall–Kier alpha value is -1.62. The summed E-state index contributed by atoms with van der Waals surface area (Å²) in [4.78, 5) is 23.9. The minimum absolute atomic E-state index is 0.0672. The van der Waals surface area contributed by atoms with E-state index in [1.54, 1.807) is 13.8 Å². The average Bonchev–Trinajstić information content (AvgIpc) is 2.89. The molecular formula is C32H54O5. The van der Waals surface area contributed by atoms with Gasteiger partial charge >= 0.3 is 11.9 Å². The Morgan fingerprint density at radius 3 is 1.73 bits per heavy atom. The quantitative estimate of drug-likeness (QED) is 0.131. The number of carbonyl (C=O) groups excluding carboxylic acids is 2. The summed E-state index contributed by atoms with van der Waals surface area (Å²) in [5, 5.41) is 9.92. The van der Waals surface area contributed by atoms with Crippen molar-refractivity contribution in [1.29, 1.82) is 0 Å². The molecule has 1 N–H and O–H groups in total. The monoisotopic (exact) mass is 518 g/mol. The van der Waals surface area contributed by atoms with E-state index in [1.807, 2.05) is 0 Å². The van der Waals surface area contributed by atoms with E-state index >= 15 is 0 Å². The molecule has 2 unspecified atom stereocenters. The van der Waals surface area contributed by atoms with E-state index in [2.05, 4.69) is 20.1 Å². The Balaban J connectivity index is 1.83. The Labute approximate surface area is 226 Å². The molecule has 0 amide bonds. The number of esters is 2. The van der Waals surface area contributed by atoms with Crippen LogP contribution in [0.3, 0.4) is 0 Å². The zero-order valence-electron chi connectivity index (χ0n) is 24.0. The van der Waals surface area contributed by atoms with Gasteiger partial charge in [-0.15, -0.1) is 0 Å². The van der Waals surface area contributed by atoms with Crippen molar-refractivity contribution in [3.05, 3.63) is 24.3 Å². The second kappa shape index (κ2) is 17.1. The van der Waals surface area contributed by atoms with E-state index < -0.39 is 5.97 Å². The van der Waals surface area contributed by atoms with Crippen LogP contribution in [0, 0.1) is 35.5 Å². The fourth-order valence-electron chi connectivity index (χ4n) is 6.53. The summed E-state index contributed by atoms with van der Waals surface area (Å²) in [6.07, 6.45) is 18.0. The summed E-state index contributed by atoms with van der Waals surface area (Å²) in [6.45, 7) is 13.3. The van der Waals surface area contributed by atoms with Crippen molar-refractivity contribution < 1.29 is 24.2 Å². The SMILES string of the molecule is C=C(C)C(=O)OCC(CO)CC(COC(=O)C(=C)C)CC1CCC(C2CCC(CCCCC)CC2)CC1. The first-order valence-electron chi connectivity index (χ1n) is 15.0. The molecule has 5 heteroatoms. The number of hydrogen-bond donors (Lipinski definition) is 1. The number of carbonyl (C=O) groups is 2. The molecule has 0 aliphatic heterocycles. The lowest BCUT2D eigenvalue weighted by atomic mass is 9.67. The molecule has 2 saturated carbocycles. The van der Waals surface area contributed by atoms with Gasteiger partial charge < -0.3 is 14.6 Å². The standard InChI is InChI=1S/C32H54O5/c1-6-7-8-9-25-10-14-29(15-11-25)30-16-12-26(13-17-30)18-27(21-36-31(34)23(2)3)19-28(20-33)22-37-32(35)24(4)5/h25-30,33H,2,4,6-22H2,1,3,5H3. The van der Waals surface area contributed by atoms with Gasteiger partial charge in [0.2, 0.25) is 0 Å². The van der Waals surface area contributed by atoms with Crippen LogP contribution in [0.15, 0.2) is 24.3 Å². The maximum Gasteiger partial charge on any atom is 0.333 e. The first-order chi connectivity index (χ1) is 17.7. The van der Waals surface area contributed by atoms with Crippen LogP contribution in [0.4, 0.5) is 0 Å². The largest absolute Gasteiger partial charge is 0.462 e. The van der Waals surface area contributed by atoms with E-state index in [0.29, 0.717) is 30.1 Å². The summed E-state index contributed by atoms with van der Waals surface area (Å²) in [7, 11) is 0. The van der Waals surface area contributed by atoms with Gasteiger partial charge in [0, 0.05) is 23.7 Å². The molecule has 0 radical (unpaired) electrons. The second-order valence-corrected chi connectivity index (χ2v) is 12.2. The van der Waals surface area contributed by atoms with Crippen molar-refractivity contribution in [2.24, 2.45) is 35.5 Å². The third-order valence-corrected chi connectivity index (χ3v) is 8.85. The smallest absolute Gasteiger partial charge is 0.333 e. The minimum atomic E-state index is -0.433. The van der Waals surface area contributed by atoms with Crippen LogP contribution in [0.1, 0.15) is 111 Å². The Bertz CT molecular complexity index is 713. The fraction of sp³-hybridized carbons (Fsp3) is 0.812. The van der Waals surface area contributed by atoms with Crippen LogP contribution in [-0.4, -0.2) is 36.9 Å². The van der Waals surface area contributed by atoms with E-state index in [0.717, 1.165) is 24.2 Å². The zero-order chi connectivity index (χ0) is 27.2. The van der Waals surface area contributed by atoms with Gasteiger partial charge in [0.15, 0.2) is 0 Å². The Morgan fingerprint density at radius 2 is 1.27 bits per heavy atom. The number of rotatable bonds is 16. The van der Waals surface area contributed by atoms with Gasteiger partial charge in [-0.2, -0.15) is 0 Å². The van der Waals surface area contributed by atoms with Crippen molar-refractivity contribution >= 4 is 11.9 Å². The van der Waals surface area contributed by atoms with E-state index in [-0.39, 0.29) is 31.0 Å². The van der Waals surface area contributed by atoms with Crippen molar-refractivity contribution in [2.45, 2.75) is 111 Å². The predicted octanol–water partition coefficient (Wildman–Crippen LogP) is 7.42. The lowest BCUT2D eigenvalue weighted by Gasteiger charge is -2.38. The minimum Gasteiger partial charge on any atom is -0.462 e. The number of aliphatic hydroxyl groups excluding tert-OH is 1. The molecule has 0 aromatic rings. The van der Waals surface area contributed by atoms with Crippen LogP contribution in [0.5, 0.6) is 0 Å². The number of ether oxygens (including phenoxy) is 2. The fourth-order valence-corrected chi connectivity index (χ4v) is 6.53. The highest BCUT2D eigenvalue weighted by Gasteiger charge is 2.32. The predicted molar refractivity (Wildman–Crippen MR) is 150 cm³/mol. The van der Waals surface area contributed by atoms with E-state index in [1.165, 1.54) is 77.0 Å². The zero-order valence-corrected chi connectivity index (χ0v) is 24.0. The molecule has 2 aliphatic rings. The summed E-state index contributed by atoms with van der Waals surface area (Å²) >= 11 is 0. The van der Waals surface area contributed by atoms with Gasteiger partial charge in [-0.3, -0.25) is 0 Å². The molecular weight excluding hydrogens is 464 g/mol. The van der Waals surface area contributed by atoms with Crippen molar-refractivity contribution in [1.82, 2.24) is 0 Å². The molecule has 37 heavy (non-hydrogen) atoms. The normalized spacial score (nSPS) is 25.6. The molecule has 0 aromatic heterocycles. The molecule has 2 aliphatic carbocycles. The van der Waals surface area contributed by atoms with Crippen LogP contribution in [0.2, 0.25) is 0 Å². The summed E-state index contributed by atoms with van der Waals surface area (Å²) in [6, 6.07) is 0. The lowest BCUT2D eigenvalue weighted by molar-refractivity contribution is -0.141. The lowest BCUT2D eigenvalue weighted by Crippen LogP contribution is -2.28. The van der Waals surface area contributed by atoms with Crippen molar-refractivity contribution in [3.63, 3.8) is 0 Å². The maximum absolute atomic E-state index is 12.0. The molecule has 5 nitrogen and oxygen atoms in total. The van der Waals surface area contributed by atoms with Gasteiger partial charge in [0.25, 0.3) is 0 Å². The van der Waals surface area contributed by atoms with Gasteiger partial charge in [0.1, 0.15) is 0 Å². The highest BCUT2D eigenvalue weighted by molar-refractivity contribution is 5.87. The van der Waals surface area contributed by atoms with Gasteiger partial charge in [-0.05, 0) is 82.0 Å². The van der Waals surface area contributed by atoms with Crippen LogP contribution in [-0.2, 0) is 19.1 Å². The topological polar surface area (TPSA) is 72.8 Å². The summed E-state index contributed by atoms with van der Waals surface area (Å²) in [5.74, 6) is 2.52. The third-order valence-electron chi connectivity index (χ3n) is 8.85. The molecule has 0 bridgehead atoms. The maximum atomic E-state index is 12.0. The number of hydrogen-bond acceptors (Lipinski definition) is 5. The van der Waals surface area contributed by atoms with Crippen molar-refractivity contribution in [2.75, 3.05) is 19.8 Å². The molecule has 212 valence electrons. The highest BCUT2D eigenvalue weighted by Crippen LogP contribution is 2.43. The van der Waals surface area contributed by atoms with Crippen LogP contribution < -0.4 is 0 Å². The van der Waals surface area contributed by atoms with Crippen molar-refractivity contribution in [3.8, 4) is 0 Å². The van der Waals surface area contributed by atoms with E-state index in [9.17, 15) is 14.7 Å². The Kier molecular flexibility index (Phi) is 14.6. The van der Waals surface area contributed by atoms with Gasteiger partial charge in [0.05, 0.1) is 13.2 Å². The van der Waals surface area contributed by atoms with Crippen LogP contribution in [0.25, 0.3) is 0 Å². The summed E-state index contributed by atoms with van der Waals surface area (Å²) < 4.78 is 10.8. The second-order valence-electron chi connectivity index (χ2n) is 12.2. The van der Waals surface area contributed by atoms with Gasteiger partial charge in [-0.1, -0.05) is 71.4 Å². The third kappa shape index (κ3) is 11.8. The molecule has 2 fully saturated rings. The van der Waals surface area contributed by atoms with E-state index in [4.69, 9.17) is 9.47 Å². The molecule has 0 spiro atoms. The Morgan fingerprint density at radius 1 is 0.784 bits per heavy atom. The number of unbranched alkanes of at least 4 members (excludes halogenated alkanes) is 2. The van der Waals surface area contributed by atoms with Gasteiger partial charge in [-0.25, -0.2) is 9.59 Å². The van der Waals surface area contributed by atoms with Crippen LogP contribution >= 0.6 is 0 Å². The molecule has 0 heterocycles. The first kappa shape index (κ1) is 31.6. The molecule has 0 aromatic carbocycles. The highest BCUT2D eigenvalue weighted by atomic mass is 16.5. The average molecular weight is 519 g/mol. The number of aliphatic hydroxyl groups is 1.